The minimum atomic E-state index is -3.42. The summed E-state index contributed by atoms with van der Waals surface area (Å²) >= 11 is 0. The Morgan fingerprint density at radius 1 is 1.45 bits per heavy atom. The molecule has 0 spiro atoms. The molecule has 0 radical (unpaired) electrons. The molecule has 1 unspecified atom stereocenters. The minimum Gasteiger partial charge on any atom is -0.396 e. The van der Waals surface area contributed by atoms with Crippen LogP contribution in [-0.2, 0) is 16.8 Å². The molecule has 20 heavy (non-hydrogen) atoms. The van der Waals surface area contributed by atoms with Gasteiger partial charge in [0.05, 0.1) is 6.33 Å². The lowest BCUT2D eigenvalue weighted by Crippen LogP contribution is -2.46. The van der Waals surface area contributed by atoms with Crippen LogP contribution in [0.1, 0.15) is 19.3 Å². The van der Waals surface area contributed by atoms with Crippen LogP contribution in [0.5, 0.6) is 0 Å². The van der Waals surface area contributed by atoms with E-state index in [-0.39, 0.29) is 12.5 Å². The van der Waals surface area contributed by atoms with E-state index in [4.69, 9.17) is 5.11 Å². The third kappa shape index (κ3) is 4.27. The van der Waals surface area contributed by atoms with Crippen molar-refractivity contribution in [1.82, 2.24) is 18.6 Å². The number of hydrogen-bond donors (Lipinski definition) is 2. The van der Waals surface area contributed by atoms with Crippen LogP contribution in [0.3, 0.4) is 0 Å². The van der Waals surface area contributed by atoms with Crippen molar-refractivity contribution in [3.8, 4) is 0 Å². The second-order valence-corrected chi connectivity index (χ2v) is 6.86. The Balaban J connectivity index is 1.75. The molecular weight excluding hydrogens is 280 g/mol. The molecule has 1 fully saturated rings. The van der Waals surface area contributed by atoms with Crippen molar-refractivity contribution in [2.24, 2.45) is 5.92 Å². The molecule has 2 heterocycles. The molecule has 0 saturated carbocycles. The van der Waals surface area contributed by atoms with E-state index in [2.05, 4.69) is 9.71 Å². The summed E-state index contributed by atoms with van der Waals surface area (Å²) in [6.45, 7) is 2.13. The van der Waals surface area contributed by atoms with Crippen molar-refractivity contribution in [2.75, 3.05) is 26.2 Å². The van der Waals surface area contributed by atoms with E-state index in [1.54, 1.807) is 12.5 Å². The molecule has 1 atom stereocenters. The summed E-state index contributed by atoms with van der Waals surface area (Å²) in [6.07, 6.45) is 7.68. The average Bonchev–Trinajstić information content (AvgIpc) is 2.97. The summed E-state index contributed by atoms with van der Waals surface area (Å²) < 4.78 is 30.2. The number of imidazole rings is 1. The van der Waals surface area contributed by atoms with Crippen LogP contribution < -0.4 is 4.72 Å². The second kappa shape index (κ2) is 7.16. The topological polar surface area (TPSA) is 87.5 Å². The van der Waals surface area contributed by atoms with Crippen LogP contribution in [0.4, 0.5) is 0 Å². The quantitative estimate of drug-likeness (QED) is 0.684. The summed E-state index contributed by atoms with van der Waals surface area (Å²) in [5.41, 5.74) is 0. The lowest BCUT2D eigenvalue weighted by Gasteiger charge is -2.30. The number of piperidine rings is 1. The van der Waals surface area contributed by atoms with E-state index in [0.717, 1.165) is 19.4 Å². The number of aliphatic hydroxyl groups is 1. The Morgan fingerprint density at radius 2 is 2.30 bits per heavy atom. The number of aliphatic hydroxyl groups excluding tert-OH is 1. The number of rotatable bonds is 7. The molecule has 1 saturated heterocycles. The molecule has 1 aromatic rings. The molecule has 8 heteroatoms. The van der Waals surface area contributed by atoms with Gasteiger partial charge in [-0.2, -0.15) is 12.7 Å². The zero-order valence-corrected chi connectivity index (χ0v) is 12.3. The van der Waals surface area contributed by atoms with Gasteiger partial charge in [-0.25, -0.2) is 9.71 Å². The van der Waals surface area contributed by atoms with Gasteiger partial charge in [-0.3, -0.25) is 0 Å². The van der Waals surface area contributed by atoms with Crippen molar-refractivity contribution < 1.29 is 13.5 Å². The molecule has 0 amide bonds. The number of nitrogens with zero attached hydrogens (tertiary/aromatic N) is 3. The Bertz CT molecular complexity index is 489. The van der Waals surface area contributed by atoms with Gasteiger partial charge in [0.25, 0.3) is 10.2 Å². The standard InChI is InChI=1S/C12H22N4O3S/c17-10-12-3-1-7-16(9-12)20(18,19)14-4-2-6-15-8-5-13-11-15/h5,8,11-12,14,17H,1-4,6-7,9-10H2. The van der Waals surface area contributed by atoms with Crippen molar-refractivity contribution >= 4 is 10.2 Å². The molecule has 114 valence electrons. The number of hydrogen-bond acceptors (Lipinski definition) is 4. The fourth-order valence-electron chi connectivity index (χ4n) is 2.37. The normalized spacial score (nSPS) is 21.1. The molecule has 1 aliphatic heterocycles. The number of aryl methyl sites for hydroxylation is 1. The van der Waals surface area contributed by atoms with Gasteiger partial charge in [-0.05, 0) is 25.2 Å². The lowest BCUT2D eigenvalue weighted by atomic mass is 10.0. The fraction of sp³-hybridized carbons (Fsp3) is 0.750. The largest absolute Gasteiger partial charge is 0.396 e. The predicted octanol–water partition coefficient (Wildman–Crippen LogP) is -0.188. The smallest absolute Gasteiger partial charge is 0.279 e. The predicted molar refractivity (Wildman–Crippen MR) is 75.1 cm³/mol. The summed E-state index contributed by atoms with van der Waals surface area (Å²) in [6, 6.07) is 0. The number of aromatic nitrogens is 2. The van der Waals surface area contributed by atoms with Gasteiger partial charge in [0.15, 0.2) is 0 Å². The van der Waals surface area contributed by atoms with E-state index in [9.17, 15) is 8.42 Å². The molecule has 2 N–H and O–H groups in total. The van der Waals surface area contributed by atoms with Gasteiger partial charge in [0.2, 0.25) is 0 Å². The highest BCUT2D eigenvalue weighted by Crippen LogP contribution is 2.17. The monoisotopic (exact) mass is 302 g/mol. The first-order valence-electron chi connectivity index (χ1n) is 6.93. The van der Waals surface area contributed by atoms with Crippen LogP contribution in [-0.4, -0.2) is 53.6 Å². The molecular formula is C12H22N4O3S. The van der Waals surface area contributed by atoms with Crippen LogP contribution in [0.15, 0.2) is 18.7 Å². The Labute approximate surface area is 119 Å². The second-order valence-electron chi connectivity index (χ2n) is 5.10. The van der Waals surface area contributed by atoms with E-state index >= 15 is 0 Å². The molecule has 0 aliphatic carbocycles. The first-order chi connectivity index (χ1) is 9.62. The van der Waals surface area contributed by atoms with E-state index in [1.807, 2.05) is 10.8 Å². The van der Waals surface area contributed by atoms with Gasteiger partial charge in [0, 0.05) is 45.2 Å². The molecule has 2 rings (SSSR count). The molecule has 7 nitrogen and oxygen atoms in total. The van der Waals surface area contributed by atoms with E-state index < -0.39 is 10.2 Å². The summed E-state index contributed by atoms with van der Waals surface area (Å²) in [7, 11) is -3.42. The van der Waals surface area contributed by atoms with Crippen molar-refractivity contribution in [1.29, 1.82) is 0 Å². The highest BCUT2D eigenvalue weighted by molar-refractivity contribution is 7.87. The third-order valence-electron chi connectivity index (χ3n) is 3.52. The average molecular weight is 302 g/mol. The van der Waals surface area contributed by atoms with E-state index in [1.165, 1.54) is 4.31 Å². The Morgan fingerprint density at radius 3 is 3.00 bits per heavy atom. The molecule has 0 bridgehead atoms. The van der Waals surface area contributed by atoms with Crippen LogP contribution >= 0.6 is 0 Å². The molecule has 0 aromatic carbocycles. The highest BCUT2D eigenvalue weighted by atomic mass is 32.2. The maximum atomic E-state index is 12.1. The van der Waals surface area contributed by atoms with Crippen LogP contribution in [0.25, 0.3) is 0 Å². The van der Waals surface area contributed by atoms with Gasteiger partial charge < -0.3 is 9.67 Å². The van der Waals surface area contributed by atoms with E-state index in [0.29, 0.717) is 26.1 Å². The summed E-state index contributed by atoms with van der Waals surface area (Å²) in [5.74, 6) is 0.0614. The Hall–Kier alpha value is -0.960. The van der Waals surface area contributed by atoms with Crippen molar-refractivity contribution in [3.63, 3.8) is 0 Å². The van der Waals surface area contributed by atoms with Crippen molar-refractivity contribution in [2.45, 2.75) is 25.8 Å². The van der Waals surface area contributed by atoms with Gasteiger partial charge in [-0.15, -0.1) is 0 Å². The van der Waals surface area contributed by atoms with Crippen LogP contribution in [0.2, 0.25) is 0 Å². The fourth-order valence-corrected chi connectivity index (χ4v) is 3.73. The van der Waals surface area contributed by atoms with Crippen molar-refractivity contribution in [3.05, 3.63) is 18.7 Å². The first-order valence-corrected chi connectivity index (χ1v) is 8.37. The van der Waals surface area contributed by atoms with Gasteiger partial charge in [0.1, 0.15) is 0 Å². The molecule has 1 aromatic heterocycles. The van der Waals surface area contributed by atoms with Gasteiger partial charge in [-0.1, -0.05) is 0 Å². The SMILES string of the molecule is O=S(=O)(NCCCn1ccnc1)N1CCCC(CO)C1. The van der Waals surface area contributed by atoms with Crippen LogP contribution in [0, 0.1) is 5.92 Å². The summed E-state index contributed by atoms with van der Waals surface area (Å²) in [5, 5.41) is 9.14. The zero-order valence-electron chi connectivity index (χ0n) is 11.5. The summed E-state index contributed by atoms with van der Waals surface area (Å²) in [4.78, 5) is 3.93. The third-order valence-corrected chi connectivity index (χ3v) is 5.10. The lowest BCUT2D eigenvalue weighted by molar-refractivity contribution is 0.165. The highest BCUT2D eigenvalue weighted by Gasteiger charge is 2.27. The number of nitrogens with one attached hydrogen (secondary N) is 1. The maximum absolute atomic E-state index is 12.1. The molecule has 1 aliphatic rings. The van der Waals surface area contributed by atoms with Gasteiger partial charge >= 0.3 is 0 Å². The first kappa shape index (κ1) is 15.4. The zero-order chi connectivity index (χ0) is 14.4. The maximum Gasteiger partial charge on any atom is 0.279 e. The Kier molecular flexibility index (Phi) is 5.53. The minimum absolute atomic E-state index is 0.0483.